The standard InChI is InChI=1S/C15H25N5/c1-11-10-20(7-6-17-11)14-9-13(18-15(16)19-14)8-12-4-2-3-5-12/h9,11-12,17H,2-8,10H2,1H3,(H2,16,18,19). The van der Waals surface area contributed by atoms with Gasteiger partial charge in [0.15, 0.2) is 0 Å². The summed E-state index contributed by atoms with van der Waals surface area (Å²) >= 11 is 0. The molecule has 1 aromatic heterocycles. The lowest BCUT2D eigenvalue weighted by atomic mass is 10.0. The van der Waals surface area contributed by atoms with Crippen molar-refractivity contribution in [3.8, 4) is 0 Å². The number of anilines is 2. The van der Waals surface area contributed by atoms with E-state index in [9.17, 15) is 0 Å². The largest absolute Gasteiger partial charge is 0.368 e. The van der Waals surface area contributed by atoms with Gasteiger partial charge in [-0.15, -0.1) is 0 Å². The summed E-state index contributed by atoms with van der Waals surface area (Å²) in [5, 5.41) is 3.45. The van der Waals surface area contributed by atoms with E-state index >= 15 is 0 Å². The number of aromatic nitrogens is 2. The fourth-order valence-corrected chi connectivity index (χ4v) is 3.42. The van der Waals surface area contributed by atoms with Crippen molar-refractivity contribution in [3.05, 3.63) is 11.8 Å². The molecule has 2 heterocycles. The van der Waals surface area contributed by atoms with Crippen LogP contribution in [-0.2, 0) is 6.42 Å². The zero-order chi connectivity index (χ0) is 13.9. The smallest absolute Gasteiger partial charge is 0.222 e. The minimum atomic E-state index is 0.418. The topological polar surface area (TPSA) is 67.1 Å². The zero-order valence-electron chi connectivity index (χ0n) is 12.3. The maximum absolute atomic E-state index is 5.91. The lowest BCUT2D eigenvalue weighted by Gasteiger charge is -2.33. The van der Waals surface area contributed by atoms with Crippen molar-refractivity contribution in [2.24, 2.45) is 5.92 Å². The van der Waals surface area contributed by atoms with E-state index in [-0.39, 0.29) is 0 Å². The molecule has 0 bridgehead atoms. The SMILES string of the molecule is CC1CN(c2cc(CC3CCCC3)nc(N)n2)CCN1. The summed E-state index contributed by atoms with van der Waals surface area (Å²) in [6.07, 6.45) is 6.47. The van der Waals surface area contributed by atoms with E-state index in [1.54, 1.807) is 0 Å². The van der Waals surface area contributed by atoms with E-state index in [1.807, 2.05) is 0 Å². The van der Waals surface area contributed by atoms with E-state index in [2.05, 4.69) is 33.2 Å². The van der Waals surface area contributed by atoms with Gasteiger partial charge in [0.25, 0.3) is 0 Å². The fraction of sp³-hybridized carbons (Fsp3) is 0.733. The average molecular weight is 275 g/mol. The van der Waals surface area contributed by atoms with Gasteiger partial charge >= 0.3 is 0 Å². The van der Waals surface area contributed by atoms with Crippen molar-refractivity contribution in [1.82, 2.24) is 15.3 Å². The van der Waals surface area contributed by atoms with Crippen LogP contribution in [0.2, 0.25) is 0 Å². The molecule has 0 aromatic carbocycles. The van der Waals surface area contributed by atoms with E-state index in [0.717, 1.165) is 43.5 Å². The third kappa shape index (κ3) is 3.20. The first-order chi connectivity index (χ1) is 9.70. The second kappa shape index (κ2) is 5.95. The van der Waals surface area contributed by atoms with Gasteiger partial charge in [-0.25, -0.2) is 4.98 Å². The van der Waals surface area contributed by atoms with E-state index < -0.39 is 0 Å². The van der Waals surface area contributed by atoms with Crippen LogP contribution in [0.3, 0.4) is 0 Å². The molecule has 2 aliphatic rings. The molecule has 1 aromatic rings. The van der Waals surface area contributed by atoms with Gasteiger partial charge in [0.1, 0.15) is 5.82 Å². The molecule has 1 aliphatic carbocycles. The third-order valence-electron chi connectivity index (χ3n) is 4.45. The Hall–Kier alpha value is -1.36. The quantitative estimate of drug-likeness (QED) is 0.877. The lowest BCUT2D eigenvalue weighted by Crippen LogP contribution is -2.49. The van der Waals surface area contributed by atoms with Gasteiger partial charge in [-0.3, -0.25) is 0 Å². The maximum atomic E-state index is 5.91. The van der Waals surface area contributed by atoms with Crippen LogP contribution in [0.25, 0.3) is 0 Å². The fourth-order valence-electron chi connectivity index (χ4n) is 3.42. The number of nitrogens with zero attached hydrogens (tertiary/aromatic N) is 3. The summed E-state index contributed by atoms with van der Waals surface area (Å²) in [7, 11) is 0. The van der Waals surface area contributed by atoms with Crippen molar-refractivity contribution in [2.75, 3.05) is 30.3 Å². The average Bonchev–Trinajstić information content (AvgIpc) is 2.91. The molecule has 3 rings (SSSR count). The first kappa shape index (κ1) is 13.6. The van der Waals surface area contributed by atoms with Crippen LogP contribution in [0.4, 0.5) is 11.8 Å². The number of nitrogen functional groups attached to an aromatic ring is 1. The molecule has 1 saturated heterocycles. The van der Waals surface area contributed by atoms with E-state index in [1.165, 1.54) is 25.7 Å². The molecule has 1 atom stereocenters. The monoisotopic (exact) mass is 275 g/mol. The zero-order valence-corrected chi connectivity index (χ0v) is 12.3. The van der Waals surface area contributed by atoms with E-state index in [0.29, 0.717) is 12.0 Å². The van der Waals surface area contributed by atoms with Gasteiger partial charge in [-0.05, 0) is 19.3 Å². The predicted molar refractivity (Wildman–Crippen MR) is 81.8 cm³/mol. The number of nitrogens with two attached hydrogens (primary N) is 1. The normalized spacial score (nSPS) is 24.2. The molecule has 1 aliphatic heterocycles. The summed E-state index contributed by atoms with van der Waals surface area (Å²) in [6.45, 7) is 5.18. The van der Waals surface area contributed by atoms with Crippen molar-refractivity contribution >= 4 is 11.8 Å². The minimum absolute atomic E-state index is 0.418. The Kier molecular flexibility index (Phi) is 4.05. The van der Waals surface area contributed by atoms with Crippen LogP contribution in [0.1, 0.15) is 38.3 Å². The number of nitrogens with one attached hydrogen (secondary N) is 1. The Bertz CT molecular complexity index is 456. The molecule has 2 fully saturated rings. The number of rotatable bonds is 3. The van der Waals surface area contributed by atoms with Gasteiger partial charge in [-0.1, -0.05) is 25.7 Å². The van der Waals surface area contributed by atoms with Gasteiger partial charge < -0.3 is 16.0 Å². The highest BCUT2D eigenvalue weighted by Gasteiger charge is 2.20. The first-order valence-corrected chi connectivity index (χ1v) is 7.82. The van der Waals surface area contributed by atoms with Gasteiger partial charge in [0.05, 0.1) is 0 Å². The Labute approximate surface area is 121 Å². The summed E-state index contributed by atoms with van der Waals surface area (Å²) in [5.74, 6) is 2.21. The number of hydrogen-bond acceptors (Lipinski definition) is 5. The number of piperazine rings is 1. The molecule has 5 heteroatoms. The second-order valence-electron chi connectivity index (χ2n) is 6.23. The third-order valence-corrected chi connectivity index (χ3v) is 4.45. The van der Waals surface area contributed by atoms with Crippen LogP contribution in [0.15, 0.2) is 6.07 Å². The van der Waals surface area contributed by atoms with Crippen LogP contribution in [0, 0.1) is 5.92 Å². The molecule has 5 nitrogen and oxygen atoms in total. The van der Waals surface area contributed by atoms with Gasteiger partial charge in [0.2, 0.25) is 5.95 Å². The summed E-state index contributed by atoms with van der Waals surface area (Å²) in [6, 6.07) is 2.64. The molecule has 1 unspecified atom stereocenters. The maximum Gasteiger partial charge on any atom is 0.222 e. The Morgan fingerprint density at radius 1 is 1.35 bits per heavy atom. The first-order valence-electron chi connectivity index (χ1n) is 7.82. The summed E-state index contributed by atoms with van der Waals surface area (Å²) in [4.78, 5) is 11.2. The minimum Gasteiger partial charge on any atom is -0.368 e. The molecule has 110 valence electrons. The second-order valence-corrected chi connectivity index (χ2v) is 6.23. The van der Waals surface area contributed by atoms with Crippen molar-refractivity contribution in [1.29, 1.82) is 0 Å². The van der Waals surface area contributed by atoms with Gasteiger partial charge in [0, 0.05) is 37.4 Å². The van der Waals surface area contributed by atoms with Crippen LogP contribution in [-0.4, -0.2) is 35.6 Å². The van der Waals surface area contributed by atoms with Crippen molar-refractivity contribution in [2.45, 2.75) is 45.1 Å². The van der Waals surface area contributed by atoms with Crippen LogP contribution < -0.4 is 16.0 Å². The summed E-state index contributed by atoms with van der Waals surface area (Å²) in [5.41, 5.74) is 7.03. The van der Waals surface area contributed by atoms with Crippen molar-refractivity contribution < 1.29 is 0 Å². The molecule has 0 radical (unpaired) electrons. The van der Waals surface area contributed by atoms with Crippen LogP contribution in [0.5, 0.6) is 0 Å². The lowest BCUT2D eigenvalue weighted by molar-refractivity contribution is 0.481. The highest BCUT2D eigenvalue weighted by Crippen LogP contribution is 2.28. The molecule has 3 N–H and O–H groups in total. The molecule has 0 amide bonds. The molecular weight excluding hydrogens is 250 g/mol. The Morgan fingerprint density at radius 2 is 2.15 bits per heavy atom. The Morgan fingerprint density at radius 3 is 2.90 bits per heavy atom. The molecular formula is C15H25N5. The van der Waals surface area contributed by atoms with Crippen LogP contribution >= 0.6 is 0 Å². The molecule has 1 saturated carbocycles. The predicted octanol–water partition coefficient (Wildman–Crippen LogP) is 1.59. The van der Waals surface area contributed by atoms with Crippen molar-refractivity contribution in [3.63, 3.8) is 0 Å². The molecule has 0 spiro atoms. The highest BCUT2D eigenvalue weighted by atomic mass is 15.3. The number of hydrogen-bond donors (Lipinski definition) is 2. The van der Waals surface area contributed by atoms with Gasteiger partial charge in [-0.2, -0.15) is 4.98 Å². The Balaban J connectivity index is 1.75. The molecule has 20 heavy (non-hydrogen) atoms. The highest BCUT2D eigenvalue weighted by molar-refractivity contribution is 5.44. The summed E-state index contributed by atoms with van der Waals surface area (Å²) < 4.78 is 0. The van der Waals surface area contributed by atoms with E-state index in [4.69, 9.17) is 5.73 Å².